The number of carbonyl (C=O) groups excluding carboxylic acids is 1. The average Bonchev–Trinajstić information content (AvgIpc) is 2.53. The van der Waals surface area contributed by atoms with Crippen molar-refractivity contribution >= 4 is 23.7 Å². The molecule has 0 aromatic carbocycles. The molecule has 1 saturated heterocycles. The molecule has 4 heteroatoms. The maximum absolute atomic E-state index is 10.9. The molecule has 0 radical (unpaired) electrons. The molecule has 1 amide bonds. The van der Waals surface area contributed by atoms with Crippen LogP contribution in [0.4, 0.5) is 0 Å². The van der Waals surface area contributed by atoms with Crippen molar-refractivity contribution in [2.24, 2.45) is 0 Å². The average molecular weight is 192 g/mol. The third-order valence-electron chi connectivity index (χ3n) is 1.59. The lowest BCUT2D eigenvalue weighted by molar-refractivity contribution is -0.117. The smallest absolute Gasteiger partial charge is 0.235 e. The summed E-state index contributed by atoms with van der Waals surface area (Å²) in [7, 11) is 0. The van der Waals surface area contributed by atoms with Crippen molar-refractivity contribution in [2.45, 2.75) is 0 Å². The van der Waals surface area contributed by atoms with Crippen LogP contribution in [0.3, 0.4) is 0 Å². The second kappa shape index (κ2) is 3.62. The Morgan fingerprint density at radius 3 is 3.08 bits per heavy atom. The zero-order chi connectivity index (χ0) is 9.10. The lowest BCUT2D eigenvalue weighted by atomic mass is 10.3. The Kier molecular flexibility index (Phi) is 2.31. The quantitative estimate of drug-likeness (QED) is 0.728. The summed E-state index contributed by atoms with van der Waals surface area (Å²) in [5, 5.41) is 3.63. The number of pyridine rings is 1. The van der Waals surface area contributed by atoms with E-state index in [9.17, 15) is 4.79 Å². The molecule has 2 heterocycles. The van der Waals surface area contributed by atoms with Crippen LogP contribution in [0.15, 0.2) is 29.4 Å². The number of aromatic nitrogens is 1. The predicted octanol–water partition coefficient (Wildman–Crippen LogP) is 1.24. The second-order valence-corrected chi connectivity index (χ2v) is 3.62. The molecule has 1 aliphatic rings. The molecule has 1 fully saturated rings. The van der Waals surface area contributed by atoms with E-state index in [4.69, 9.17) is 0 Å². The minimum absolute atomic E-state index is 0.0622. The molecule has 13 heavy (non-hydrogen) atoms. The molecule has 0 saturated carbocycles. The van der Waals surface area contributed by atoms with Crippen molar-refractivity contribution in [3.05, 3.63) is 35.1 Å². The number of rotatable bonds is 1. The fourth-order valence-corrected chi connectivity index (χ4v) is 1.78. The summed E-state index contributed by atoms with van der Waals surface area (Å²) in [6, 6.07) is 5.68. The van der Waals surface area contributed by atoms with Gasteiger partial charge in [0.05, 0.1) is 16.5 Å². The first kappa shape index (κ1) is 8.31. The summed E-state index contributed by atoms with van der Waals surface area (Å²) in [5.41, 5.74) is 0.868. The normalized spacial score (nSPS) is 19.1. The Balaban J connectivity index is 2.17. The molecular weight excluding hydrogens is 184 g/mol. The van der Waals surface area contributed by atoms with Crippen molar-refractivity contribution < 1.29 is 4.79 Å². The monoisotopic (exact) mass is 192 g/mol. The molecule has 1 aromatic rings. The molecule has 0 bridgehead atoms. The Labute approximate surface area is 80.2 Å². The van der Waals surface area contributed by atoms with E-state index >= 15 is 0 Å². The molecule has 2 rings (SSSR count). The van der Waals surface area contributed by atoms with E-state index in [1.54, 1.807) is 6.20 Å². The van der Waals surface area contributed by atoms with Crippen LogP contribution in [0.1, 0.15) is 5.69 Å². The SMILES string of the molecule is O=C1CSC(=Cc2ccccn2)N1. The van der Waals surface area contributed by atoms with Crippen molar-refractivity contribution in [1.82, 2.24) is 10.3 Å². The van der Waals surface area contributed by atoms with Gasteiger partial charge in [-0.2, -0.15) is 0 Å². The molecular formula is C9H8N2OS. The summed E-state index contributed by atoms with van der Waals surface area (Å²) < 4.78 is 0. The van der Waals surface area contributed by atoms with Gasteiger partial charge in [0, 0.05) is 6.20 Å². The maximum Gasteiger partial charge on any atom is 0.235 e. The Morgan fingerprint density at radius 1 is 1.54 bits per heavy atom. The molecule has 0 unspecified atom stereocenters. The van der Waals surface area contributed by atoms with E-state index in [0.29, 0.717) is 5.75 Å². The highest BCUT2D eigenvalue weighted by Crippen LogP contribution is 2.20. The fraction of sp³-hybridized carbons (Fsp3) is 0.111. The maximum atomic E-state index is 10.9. The van der Waals surface area contributed by atoms with Gasteiger partial charge in [-0.1, -0.05) is 17.8 Å². The van der Waals surface area contributed by atoms with Gasteiger partial charge in [-0.3, -0.25) is 9.78 Å². The van der Waals surface area contributed by atoms with Crippen LogP contribution in [0.5, 0.6) is 0 Å². The van der Waals surface area contributed by atoms with Crippen LogP contribution in [-0.4, -0.2) is 16.6 Å². The van der Waals surface area contributed by atoms with Crippen molar-refractivity contribution in [2.75, 3.05) is 5.75 Å². The van der Waals surface area contributed by atoms with E-state index in [-0.39, 0.29) is 5.91 Å². The molecule has 0 atom stereocenters. The van der Waals surface area contributed by atoms with Gasteiger partial charge in [0.1, 0.15) is 0 Å². The first-order valence-electron chi connectivity index (χ1n) is 3.90. The van der Waals surface area contributed by atoms with Gasteiger partial charge in [-0.05, 0) is 18.2 Å². The largest absolute Gasteiger partial charge is 0.320 e. The lowest BCUT2D eigenvalue weighted by Gasteiger charge is -1.95. The van der Waals surface area contributed by atoms with Gasteiger partial charge < -0.3 is 5.32 Å². The third-order valence-corrected chi connectivity index (χ3v) is 2.53. The van der Waals surface area contributed by atoms with E-state index in [2.05, 4.69) is 10.3 Å². The molecule has 1 N–H and O–H groups in total. The predicted molar refractivity (Wildman–Crippen MR) is 52.8 cm³/mol. The summed E-state index contributed by atoms with van der Waals surface area (Å²) >= 11 is 1.51. The third kappa shape index (κ3) is 2.09. The number of amides is 1. The molecule has 66 valence electrons. The number of nitrogens with one attached hydrogen (secondary N) is 1. The van der Waals surface area contributed by atoms with E-state index in [0.717, 1.165) is 10.7 Å². The lowest BCUT2D eigenvalue weighted by Crippen LogP contribution is -2.13. The highest BCUT2D eigenvalue weighted by Gasteiger charge is 2.14. The van der Waals surface area contributed by atoms with Gasteiger partial charge in [-0.25, -0.2) is 0 Å². The zero-order valence-corrected chi connectivity index (χ0v) is 7.67. The van der Waals surface area contributed by atoms with Crippen LogP contribution in [0.25, 0.3) is 6.08 Å². The van der Waals surface area contributed by atoms with Crippen molar-refractivity contribution in [3.8, 4) is 0 Å². The molecule has 0 aliphatic carbocycles. The standard InChI is InChI=1S/C9H8N2OS/c12-8-6-13-9(11-8)5-7-3-1-2-4-10-7/h1-5H,6H2,(H,11,12). The summed E-state index contributed by atoms with van der Waals surface area (Å²) in [6.45, 7) is 0. The highest BCUT2D eigenvalue weighted by atomic mass is 32.2. The zero-order valence-electron chi connectivity index (χ0n) is 6.86. The van der Waals surface area contributed by atoms with Crippen molar-refractivity contribution in [3.63, 3.8) is 0 Å². The van der Waals surface area contributed by atoms with E-state index in [1.807, 2.05) is 24.3 Å². The van der Waals surface area contributed by atoms with Gasteiger partial charge in [0.25, 0.3) is 0 Å². The van der Waals surface area contributed by atoms with Gasteiger partial charge in [0.2, 0.25) is 5.91 Å². The summed E-state index contributed by atoms with van der Waals surface area (Å²) in [4.78, 5) is 15.0. The molecule has 1 aromatic heterocycles. The van der Waals surface area contributed by atoms with Gasteiger partial charge in [0.15, 0.2) is 0 Å². The molecule has 0 spiro atoms. The number of hydrogen-bond donors (Lipinski definition) is 1. The van der Waals surface area contributed by atoms with Crippen LogP contribution in [0, 0.1) is 0 Å². The molecule has 3 nitrogen and oxygen atoms in total. The molecule has 1 aliphatic heterocycles. The minimum Gasteiger partial charge on any atom is -0.320 e. The summed E-state index contributed by atoms with van der Waals surface area (Å²) in [5.74, 6) is 0.575. The fourth-order valence-electron chi connectivity index (χ4n) is 1.03. The van der Waals surface area contributed by atoms with Crippen molar-refractivity contribution in [1.29, 1.82) is 0 Å². The minimum atomic E-state index is 0.0622. The number of hydrogen-bond acceptors (Lipinski definition) is 3. The number of nitrogens with zero attached hydrogens (tertiary/aromatic N) is 1. The van der Waals surface area contributed by atoms with Crippen LogP contribution in [-0.2, 0) is 4.79 Å². The van der Waals surface area contributed by atoms with E-state index in [1.165, 1.54) is 11.8 Å². The Bertz CT molecular complexity index is 348. The Hall–Kier alpha value is -1.29. The van der Waals surface area contributed by atoms with Gasteiger partial charge >= 0.3 is 0 Å². The topological polar surface area (TPSA) is 42.0 Å². The van der Waals surface area contributed by atoms with Crippen LogP contribution in [0.2, 0.25) is 0 Å². The number of thioether (sulfide) groups is 1. The first-order valence-corrected chi connectivity index (χ1v) is 4.88. The summed E-state index contributed by atoms with van der Waals surface area (Å²) in [6.07, 6.45) is 3.60. The van der Waals surface area contributed by atoms with E-state index < -0.39 is 0 Å². The number of carbonyl (C=O) groups is 1. The highest BCUT2D eigenvalue weighted by molar-refractivity contribution is 8.04. The Morgan fingerprint density at radius 2 is 2.46 bits per heavy atom. The van der Waals surface area contributed by atoms with Gasteiger partial charge in [-0.15, -0.1) is 0 Å². The first-order chi connectivity index (χ1) is 6.34. The van der Waals surface area contributed by atoms with Crippen LogP contribution >= 0.6 is 11.8 Å². The van der Waals surface area contributed by atoms with Crippen LogP contribution < -0.4 is 5.32 Å². The second-order valence-electron chi connectivity index (χ2n) is 2.60.